The average molecular weight is 347 g/mol. The highest BCUT2D eigenvalue weighted by atomic mass is 16.6. The highest BCUT2D eigenvalue weighted by Crippen LogP contribution is 2.52. The zero-order chi connectivity index (χ0) is 18.0. The average Bonchev–Trinajstić information content (AvgIpc) is 2.59. The molecule has 140 valence electrons. The van der Waals surface area contributed by atoms with Crippen LogP contribution in [0, 0.1) is 23.2 Å². The van der Waals surface area contributed by atoms with Crippen molar-refractivity contribution >= 4 is 6.09 Å². The first-order valence-electron chi connectivity index (χ1n) is 9.83. The van der Waals surface area contributed by atoms with Gasteiger partial charge in [0.2, 0.25) is 0 Å². The van der Waals surface area contributed by atoms with Gasteiger partial charge in [-0.25, -0.2) is 4.79 Å². The van der Waals surface area contributed by atoms with Crippen LogP contribution in [0.4, 0.5) is 4.79 Å². The predicted molar refractivity (Wildman–Crippen MR) is 99.3 cm³/mol. The summed E-state index contributed by atoms with van der Waals surface area (Å²) in [6, 6.07) is 0.280. The molecule has 2 fully saturated rings. The first kappa shape index (κ1) is 18.5. The minimum Gasteiger partial charge on any atom is -0.449 e. The highest BCUT2D eigenvalue weighted by Gasteiger charge is 2.53. The Bertz CT molecular complexity index is 537. The Morgan fingerprint density at radius 1 is 1.40 bits per heavy atom. The number of ether oxygens (including phenoxy) is 2. The zero-order valence-corrected chi connectivity index (χ0v) is 15.9. The molecule has 0 radical (unpaired) electrons. The lowest BCUT2D eigenvalue weighted by atomic mass is 9.56. The van der Waals surface area contributed by atoms with Crippen LogP contribution in [0.3, 0.4) is 0 Å². The summed E-state index contributed by atoms with van der Waals surface area (Å²) in [5.41, 5.74) is 1.22. The summed E-state index contributed by atoms with van der Waals surface area (Å²) in [5, 5.41) is 3.05. The van der Waals surface area contributed by atoms with E-state index in [-0.39, 0.29) is 23.7 Å². The predicted octanol–water partition coefficient (Wildman–Crippen LogP) is 4.46. The van der Waals surface area contributed by atoms with Gasteiger partial charge in [0.25, 0.3) is 0 Å². The Morgan fingerprint density at radius 3 is 2.80 bits per heavy atom. The van der Waals surface area contributed by atoms with Crippen molar-refractivity contribution < 1.29 is 14.3 Å². The third-order valence-corrected chi connectivity index (χ3v) is 6.92. The largest absolute Gasteiger partial charge is 0.449 e. The maximum absolute atomic E-state index is 12.3. The van der Waals surface area contributed by atoms with Crippen LogP contribution in [0.5, 0.6) is 0 Å². The van der Waals surface area contributed by atoms with E-state index < -0.39 is 0 Å². The summed E-state index contributed by atoms with van der Waals surface area (Å²) in [6.45, 7) is 11.6. The van der Waals surface area contributed by atoms with E-state index in [0.29, 0.717) is 31.0 Å². The molecule has 3 aliphatic rings. The number of carbonyl (C=O) groups is 1. The highest BCUT2D eigenvalue weighted by molar-refractivity contribution is 5.67. The fraction of sp³-hybridized carbons (Fsp3) is 0.762. The standard InChI is InChI=1S/C21H33NO3/c1-5-18-19-14(2)11-15(3)21(12-24-18,16(19)4)13-25-20(23)22-17-9-7-6-8-10-17/h5,11,15-19H,1,6-10,12-13H2,2-4H3,(H,22,23)/t15-,16+,18-,19-,21-/m1/s1. The lowest BCUT2D eigenvalue weighted by Crippen LogP contribution is -2.56. The number of rotatable bonds is 4. The Balaban J connectivity index is 1.66. The number of fused-ring (bicyclic) bond motifs is 2. The topological polar surface area (TPSA) is 47.6 Å². The van der Waals surface area contributed by atoms with Crippen LogP contribution in [0.25, 0.3) is 0 Å². The summed E-state index contributed by atoms with van der Waals surface area (Å²) in [7, 11) is 0. The van der Waals surface area contributed by atoms with Gasteiger partial charge >= 0.3 is 6.09 Å². The minimum absolute atomic E-state index is 0.0583. The molecule has 0 aromatic rings. The number of amides is 1. The van der Waals surface area contributed by atoms with E-state index >= 15 is 0 Å². The van der Waals surface area contributed by atoms with Gasteiger partial charge in [-0.15, -0.1) is 6.58 Å². The molecule has 0 unspecified atom stereocenters. The first-order chi connectivity index (χ1) is 12.0. The molecule has 4 heteroatoms. The lowest BCUT2D eigenvalue weighted by Gasteiger charge is -2.54. The van der Waals surface area contributed by atoms with E-state index in [4.69, 9.17) is 9.47 Å². The molecule has 2 aliphatic carbocycles. The molecular formula is C21H33NO3. The third-order valence-electron chi connectivity index (χ3n) is 6.92. The third kappa shape index (κ3) is 3.51. The van der Waals surface area contributed by atoms with Crippen LogP contribution in [0.15, 0.2) is 24.3 Å². The quantitative estimate of drug-likeness (QED) is 0.764. The van der Waals surface area contributed by atoms with Gasteiger partial charge in [-0.05, 0) is 31.6 Å². The summed E-state index contributed by atoms with van der Waals surface area (Å²) < 4.78 is 11.8. The monoisotopic (exact) mass is 347 g/mol. The van der Waals surface area contributed by atoms with Gasteiger partial charge in [-0.1, -0.05) is 50.8 Å². The molecule has 3 rings (SSSR count). The Morgan fingerprint density at radius 2 is 2.12 bits per heavy atom. The molecule has 0 aromatic heterocycles. The molecule has 4 nitrogen and oxygen atoms in total. The lowest BCUT2D eigenvalue weighted by molar-refractivity contribution is -0.149. The Hall–Kier alpha value is -1.29. The molecule has 0 spiro atoms. The summed E-state index contributed by atoms with van der Waals surface area (Å²) >= 11 is 0. The van der Waals surface area contributed by atoms with Crippen LogP contribution in [0.1, 0.15) is 52.9 Å². The SMILES string of the molecule is C=C[C@H]1OC[C@@]2(COC(=O)NC3CCCCC3)[C@H](C)C=C(C)[C@@H]1[C@@H]2C. The molecule has 1 amide bonds. The molecule has 0 aromatic carbocycles. The minimum atomic E-state index is -0.269. The van der Waals surface area contributed by atoms with E-state index in [1.165, 1.54) is 24.8 Å². The van der Waals surface area contributed by atoms with E-state index in [1.807, 2.05) is 6.08 Å². The first-order valence-corrected chi connectivity index (χ1v) is 9.83. The van der Waals surface area contributed by atoms with Crippen LogP contribution in [0.2, 0.25) is 0 Å². The molecule has 2 bridgehead atoms. The Kier molecular flexibility index (Phi) is 5.57. The summed E-state index contributed by atoms with van der Waals surface area (Å²) in [6.07, 6.45) is 9.86. The van der Waals surface area contributed by atoms with Crippen molar-refractivity contribution in [1.29, 1.82) is 0 Å². The zero-order valence-electron chi connectivity index (χ0n) is 15.9. The molecule has 1 aliphatic heterocycles. The van der Waals surface area contributed by atoms with Crippen molar-refractivity contribution in [2.75, 3.05) is 13.2 Å². The summed E-state index contributed by atoms with van der Waals surface area (Å²) in [4.78, 5) is 12.3. The van der Waals surface area contributed by atoms with Crippen LogP contribution in [-0.2, 0) is 9.47 Å². The molecule has 25 heavy (non-hydrogen) atoms. The molecule has 1 saturated carbocycles. The summed E-state index contributed by atoms with van der Waals surface area (Å²) in [5.74, 6) is 1.05. The van der Waals surface area contributed by atoms with Crippen LogP contribution in [-0.4, -0.2) is 31.5 Å². The van der Waals surface area contributed by atoms with Gasteiger partial charge in [-0.3, -0.25) is 0 Å². The second-order valence-electron chi connectivity index (χ2n) is 8.31. The maximum Gasteiger partial charge on any atom is 0.407 e. The normalized spacial score (nSPS) is 38.6. The fourth-order valence-electron chi connectivity index (χ4n) is 5.17. The van der Waals surface area contributed by atoms with Gasteiger partial charge in [0.05, 0.1) is 12.7 Å². The van der Waals surface area contributed by atoms with Crippen molar-refractivity contribution in [3.63, 3.8) is 0 Å². The second-order valence-corrected chi connectivity index (χ2v) is 8.31. The number of alkyl carbamates (subject to hydrolysis) is 1. The number of carbonyl (C=O) groups excluding carboxylic acids is 1. The van der Waals surface area contributed by atoms with E-state index in [0.717, 1.165) is 12.8 Å². The Labute approximate surface area is 152 Å². The maximum atomic E-state index is 12.3. The van der Waals surface area contributed by atoms with Crippen molar-refractivity contribution in [2.45, 2.75) is 65.0 Å². The van der Waals surface area contributed by atoms with Crippen molar-refractivity contribution in [3.05, 3.63) is 24.3 Å². The van der Waals surface area contributed by atoms with Gasteiger partial charge in [0.1, 0.15) is 6.61 Å². The number of hydrogen-bond donors (Lipinski definition) is 1. The van der Waals surface area contributed by atoms with Gasteiger partial charge in [0.15, 0.2) is 0 Å². The second kappa shape index (κ2) is 7.53. The van der Waals surface area contributed by atoms with Gasteiger partial charge < -0.3 is 14.8 Å². The number of allylic oxidation sites excluding steroid dienone is 1. The van der Waals surface area contributed by atoms with Crippen molar-refractivity contribution in [1.82, 2.24) is 5.32 Å². The number of nitrogens with one attached hydrogen (secondary N) is 1. The van der Waals surface area contributed by atoms with Crippen LogP contribution < -0.4 is 5.32 Å². The molecular weight excluding hydrogens is 314 g/mol. The van der Waals surface area contributed by atoms with Crippen molar-refractivity contribution in [3.8, 4) is 0 Å². The van der Waals surface area contributed by atoms with Crippen LogP contribution >= 0.6 is 0 Å². The molecule has 1 N–H and O–H groups in total. The van der Waals surface area contributed by atoms with E-state index in [2.05, 4.69) is 38.7 Å². The molecule has 5 atom stereocenters. The molecule has 1 saturated heterocycles. The van der Waals surface area contributed by atoms with E-state index in [9.17, 15) is 4.79 Å². The van der Waals surface area contributed by atoms with Crippen molar-refractivity contribution in [2.24, 2.45) is 23.2 Å². The smallest absolute Gasteiger partial charge is 0.407 e. The van der Waals surface area contributed by atoms with Gasteiger partial charge in [0, 0.05) is 17.4 Å². The van der Waals surface area contributed by atoms with E-state index in [1.54, 1.807) is 0 Å². The number of hydrogen-bond acceptors (Lipinski definition) is 3. The van der Waals surface area contributed by atoms with Gasteiger partial charge in [-0.2, -0.15) is 0 Å². The molecule has 1 heterocycles. The fourth-order valence-corrected chi connectivity index (χ4v) is 5.17.